The Morgan fingerprint density at radius 2 is 2.20 bits per heavy atom. The van der Waals surface area contributed by atoms with E-state index in [0.29, 0.717) is 4.68 Å². The molecule has 0 radical (unpaired) electrons. The van der Waals surface area contributed by atoms with Crippen LogP contribution >= 0.6 is 18.8 Å². The van der Waals surface area contributed by atoms with Gasteiger partial charge >= 0.3 is 41.0 Å². The van der Waals surface area contributed by atoms with Crippen molar-refractivity contribution in [3.63, 3.8) is 0 Å². The molecule has 0 amide bonds. The second-order valence-electron chi connectivity index (χ2n) is 3.92. The number of nitrogens with one attached hydrogen (secondary N) is 1. The summed E-state index contributed by atoms with van der Waals surface area (Å²) < 4.78 is 7.19. The van der Waals surface area contributed by atoms with Crippen LogP contribution in [0.1, 0.15) is 12.6 Å². The van der Waals surface area contributed by atoms with Gasteiger partial charge in [-0.15, -0.1) is 0 Å². The van der Waals surface area contributed by atoms with Crippen molar-refractivity contribution in [1.82, 2.24) is 9.24 Å². The molecule has 0 aliphatic carbocycles. The molecule has 1 fully saturated rings. The van der Waals surface area contributed by atoms with E-state index in [9.17, 15) is 9.90 Å². The molecule has 118 valence electrons. The fourth-order valence-corrected chi connectivity index (χ4v) is 1.79. The van der Waals surface area contributed by atoms with Crippen LogP contribution < -0.4 is 17.0 Å². The topological polar surface area (TPSA) is 126 Å². The van der Waals surface area contributed by atoms with E-state index in [0.717, 1.165) is 0 Å². The van der Waals surface area contributed by atoms with E-state index in [-0.39, 0.29) is 18.5 Å². The predicted molar refractivity (Wildman–Crippen MR) is 68.0 cm³/mol. The molecule has 1 aromatic heterocycles. The van der Waals surface area contributed by atoms with Crippen LogP contribution in [0.15, 0.2) is 17.1 Å². The number of halogens is 2. The SMILES string of the molecule is N=c1ccn([C@H]2C[C@H](O)[C@@H](CO)O2)c(=O)n1N.[Cl][Pt][Cl]. The summed E-state index contributed by atoms with van der Waals surface area (Å²) in [6.45, 7) is -0.314. The molecule has 11 heteroatoms. The van der Waals surface area contributed by atoms with Crippen LogP contribution in [0.3, 0.4) is 0 Å². The van der Waals surface area contributed by atoms with Gasteiger partial charge < -0.3 is 20.8 Å². The van der Waals surface area contributed by atoms with Crippen LogP contribution in [0.25, 0.3) is 0 Å². The molecule has 0 spiro atoms. The first-order valence-electron chi connectivity index (χ1n) is 5.36. The molecule has 2 heterocycles. The van der Waals surface area contributed by atoms with Gasteiger partial charge in [0.2, 0.25) is 0 Å². The van der Waals surface area contributed by atoms with Crippen molar-refractivity contribution in [3.05, 3.63) is 28.2 Å². The Hall–Kier alpha value is -0.372. The van der Waals surface area contributed by atoms with E-state index in [1.165, 1.54) is 16.8 Å². The Balaban J connectivity index is 0.000000612. The molecule has 1 saturated heterocycles. The molecule has 0 bridgehead atoms. The molecule has 1 aliphatic heterocycles. The summed E-state index contributed by atoms with van der Waals surface area (Å²) in [5.41, 5.74) is -0.725. The summed E-state index contributed by atoms with van der Waals surface area (Å²) in [6.07, 6.45) is -0.620. The number of nitrogens with zero attached hydrogens (tertiary/aromatic N) is 2. The second kappa shape index (κ2) is 8.16. The Bertz CT molecular complexity index is 551. The number of ether oxygens (including phenoxy) is 1. The van der Waals surface area contributed by atoms with Gasteiger partial charge in [-0.05, 0) is 6.07 Å². The Morgan fingerprint density at radius 3 is 2.70 bits per heavy atom. The van der Waals surface area contributed by atoms with E-state index in [2.05, 4.69) is 0 Å². The standard InChI is InChI=1S/C9H14N4O4.2ClH.Pt/c10-7-1-2-12(9(16)13(7)11)8-3-5(15)6(4-14)17-8;;;/h1-2,5-6,8,10,14-15H,3-4,11H2;2*1H;/q;;;+2/p-2/t5-,6+,8+;;;/m0.../s1. The monoisotopic (exact) mass is 507 g/mol. The zero-order valence-electron chi connectivity index (χ0n) is 10.1. The Morgan fingerprint density at radius 1 is 1.60 bits per heavy atom. The summed E-state index contributed by atoms with van der Waals surface area (Å²) in [6, 6.07) is 1.35. The van der Waals surface area contributed by atoms with Gasteiger partial charge in [0.1, 0.15) is 17.8 Å². The van der Waals surface area contributed by atoms with Crippen molar-refractivity contribution in [2.75, 3.05) is 12.4 Å². The fourth-order valence-electron chi connectivity index (χ4n) is 1.79. The number of aromatic nitrogens is 2. The van der Waals surface area contributed by atoms with Gasteiger partial charge in [0.25, 0.3) is 0 Å². The average molecular weight is 508 g/mol. The van der Waals surface area contributed by atoms with E-state index in [4.69, 9.17) is 39.9 Å². The molecule has 0 aromatic carbocycles. The van der Waals surface area contributed by atoms with Gasteiger partial charge in [0, 0.05) is 12.6 Å². The van der Waals surface area contributed by atoms with Gasteiger partial charge in [-0.25, -0.2) is 4.79 Å². The third-order valence-electron chi connectivity index (χ3n) is 2.77. The summed E-state index contributed by atoms with van der Waals surface area (Å²) in [5, 5.41) is 25.8. The maximum absolute atomic E-state index is 11.7. The molecule has 0 saturated carbocycles. The number of aliphatic hydroxyl groups is 2. The van der Waals surface area contributed by atoms with Crippen molar-refractivity contribution >= 4 is 18.8 Å². The summed E-state index contributed by atoms with van der Waals surface area (Å²) >= 11 is -0.472. The van der Waals surface area contributed by atoms with E-state index < -0.39 is 40.6 Å². The molecule has 1 aliphatic rings. The van der Waals surface area contributed by atoms with Gasteiger partial charge in [-0.3, -0.25) is 9.98 Å². The number of hydrogen-bond donors (Lipinski definition) is 4. The van der Waals surface area contributed by atoms with Crippen LogP contribution in [0.5, 0.6) is 0 Å². The molecule has 2 rings (SSSR count). The summed E-state index contributed by atoms with van der Waals surface area (Å²) in [5.74, 6) is 5.38. The van der Waals surface area contributed by atoms with Crippen molar-refractivity contribution in [2.24, 2.45) is 0 Å². The van der Waals surface area contributed by atoms with Crippen molar-refractivity contribution < 1.29 is 31.4 Å². The normalized spacial score (nSPS) is 25.3. The van der Waals surface area contributed by atoms with Gasteiger partial charge in [0.15, 0.2) is 0 Å². The zero-order chi connectivity index (χ0) is 15.3. The van der Waals surface area contributed by atoms with E-state index in [1.807, 2.05) is 0 Å². The molecule has 3 atom stereocenters. The molecule has 1 aromatic rings. The van der Waals surface area contributed by atoms with Crippen molar-refractivity contribution in [3.8, 4) is 0 Å². The number of aliphatic hydroxyl groups excluding tert-OH is 2. The predicted octanol–water partition coefficient (Wildman–Crippen LogP) is -1.14. The Labute approximate surface area is 130 Å². The molecule has 5 N–H and O–H groups in total. The van der Waals surface area contributed by atoms with Gasteiger partial charge in [0.05, 0.1) is 12.7 Å². The summed E-state index contributed by atoms with van der Waals surface area (Å²) in [4.78, 5) is 11.7. The van der Waals surface area contributed by atoms with E-state index >= 15 is 0 Å². The number of hydrogen-bond acceptors (Lipinski definition) is 6. The second-order valence-corrected chi connectivity index (χ2v) is 7.20. The molecule has 20 heavy (non-hydrogen) atoms. The first-order chi connectivity index (χ1) is 9.46. The summed E-state index contributed by atoms with van der Waals surface area (Å²) in [7, 11) is 9.75. The molecule has 8 nitrogen and oxygen atoms in total. The minimum absolute atomic E-state index is 0.122. The van der Waals surface area contributed by atoms with Crippen LogP contribution in [0.4, 0.5) is 0 Å². The third-order valence-corrected chi connectivity index (χ3v) is 2.77. The zero-order valence-corrected chi connectivity index (χ0v) is 13.8. The fraction of sp³-hybridized carbons (Fsp3) is 0.556. The van der Waals surface area contributed by atoms with Crippen LogP contribution in [0, 0.1) is 5.41 Å². The van der Waals surface area contributed by atoms with Crippen LogP contribution in [-0.2, 0) is 21.2 Å². The average Bonchev–Trinajstić information content (AvgIpc) is 2.78. The first-order valence-corrected chi connectivity index (χ1v) is 11.0. The molecule has 0 unspecified atom stereocenters. The third kappa shape index (κ3) is 4.06. The van der Waals surface area contributed by atoms with E-state index in [1.54, 1.807) is 0 Å². The van der Waals surface area contributed by atoms with Crippen molar-refractivity contribution in [2.45, 2.75) is 24.9 Å². The number of nitrogen functional groups attached to an aromatic ring is 1. The Kier molecular flexibility index (Phi) is 7.22. The van der Waals surface area contributed by atoms with Crippen molar-refractivity contribution in [1.29, 1.82) is 5.41 Å². The van der Waals surface area contributed by atoms with Gasteiger partial charge in [-0.2, -0.15) is 4.68 Å². The molecular weight excluding hydrogens is 494 g/mol. The van der Waals surface area contributed by atoms with Gasteiger partial charge in [-0.1, -0.05) is 0 Å². The minimum atomic E-state index is -0.821. The van der Waals surface area contributed by atoms with Crippen LogP contribution in [-0.4, -0.2) is 38.3 Å². The number of nitrogens with two attached hydrogens (primary N) is 1. The number of rotatable bonds is 2. The first kappa shape index (κ1) is 17.7. The van der Waals surface area contributed by atoms with Crippen LogP contribution in [0.2, 0.25) is 0 Å². The maximum atomic E-state index is 11.7. The quantitative estimate of drug-likeness (QED) is 0.376. The molecular formula is C9H14Cl2N4O4Pt.